The van der Waals surface area contributed by atoms with Crippen LogP contribution in [0.2, 0.25) is 0 Å². The van der Waals surface area contributed by atoms with E-state index < -0.39 is 15.9 Å². The van der Waals surface area contributed by atoms with Crippen LogP contribution in [0.1, 0.15) is 55.7 Å². The minimum absolute atomic E-state index is 0.0555. The molecule has 0 aromatic carbocycles. The van der Waals surface area contributed by atoms with Crippen molar-refractivity contribution >= 4 is 55.9 Å². The van der Waals surface area contributed by atoms with Gasteiger partial charge in [-0.05, 0) is 44.2 Å². The number of hydrogen-bond acceptors (Lipinski definition) is 8. The number of unbranched alkanes of at least 4 members (excludes halogenated alkanes) is 1. The van der Waals surface area contributed by atoms with E-state index in [0.29, 0.717) is 33.3 Å². The number of anilines is 1. The number of nitrogens with zero attached hydrogens (tertiary/aromatic N) is 4. The van der Waals surface area contributed by atoms with Gasteiger partial charge < -0.3 is 4.90 Å². The van der Waals surface area contributed by atoms with E-state index in [0.717, 1.165) is 56.4 Å². The van der Waals surface area contributed by atoms with Crippen LogP contribution in [0.15, 0.2) is 9.70 Å². The van der Waals surface area contributed by atoms with Gasteiger partial charge >= 0.3 is 0 Å². The maximum absolute atomic E-state index is 13.3. The number of carbonyl (C=O) groups excluding carboxylic acids is 1. The van der Waals surface area contributed by atoms with Crippen LogP contribution in [0.5, 0.6) is 0 Å². The summed E-state index contributed by atoms with van der Waals surface area (Å²) in [5, 5.41) is 9.76. The van der Waals surface area contributed by atoms with E-state index in [1.807, 2.05) is 0 Å². The lowest BCUT2D eigenvalue weighted by Crippen LogP contribution is -2.39. The Bertz CT molecular complexity index is 1270. The van der Waals surface area contributed by atoms with E-state index >= 15 is 0 Å². The third kappa shape index (κ3) is 4.55. The summed E-state index contributed by atoms with van der Waals surface area (Å²) in [5.41, 5.74) is 1.03. The van der Waals surface area contributed by atoms with Crippen molar-refractivity contribution in [2.24, 2.45) is 0 Å². The molecule has 4 rings (SSSR count). The second kappa shape index (κ2) is 9.84. The van der Waals surface area contributed by atoms with E-state index in [9.17, 15) is 23.3 Å². The first-order chi connectivity index (χ1) is 16.2. The van der Waals surface area contributed by atoms with Gasteiger partial charge in [-0.1, -0.05) is 37.3 Å². The topological polar surface area (TPSA) is 103 Å². The maximum Gasteiger partial charge on any atom is 0.270 e. The fraction of sp³-hybridized carbons (Fsp3) is 0.565. The summed E-state index contributed by atoms with van der Waals surface area (Å²) in [6, 6.07) is 1.62. The van der Waals surface area contributed by atoms with Crippen molar-refractivity contribution in [3.8, 4) is 6.07 Å². The van der Waals surface area contributed by atoms with Crippen LogP contribution in [0, 0.1) is 18.3 Å². The molecule has 3 fully saturated rings. The summed E-state index contributed by atoms with van der Waals surface area (Å²) < 4.78 is 26.0. The maximum atomic E-state index is 13.3. The van der Waals surface area contributed by atoms with Gasteiger partial charge in [0.2, 0.25) is 0 Å². The molecule has 1 atom stereocenters. The predicted octanol–water partition coefficient (Wildman–Crippen LogP) is 2.82. The highest BCUT2D eigenvalue weighted by Gasteiger charge is 2.42. The van der Waals surface area contributed by atoms with Crippen LogP contribution in [-0.4, -0.2) is 58.7 Å². The summed E-state index contributed by atoms with van der Waals surface area (Å²) in [4.78, 5) is 30.6. The molecular formula is C23H28N4O4S3. The Labute approximate surface area is 209 Å². The van der Waals surface area contributed by atoms with Crippen molar-refractivity contribution in [1.82, 2.24) is 9.47 Å². The quantitative estimate of drug-likeness (QED) is 0.417. The second-order valence-electron chi connectivity index (χ2n) is 8.96. The van der Waals surface area contributed by atoms with E-state index in [4.69, 9.17) is 12.2 Å². The molecule has 1 aromatic heterocycles. The van der Waals surface area contributed by atoms with Gasteiger partial charge in [0.25, 0.3) is 11.5 Å². The zero-order valence-electron chi connectivity index (χ0n) is 19.4. The molecule has 0 bridgehead atoms. The van der Waals surface area contributed by atoms with Gasteiger partial charge in [-0.25, -0.2) is 8.42 Å². The number of thioether (sulfide) groups is 1. The highest BCUT2D eigenvalue weighted by atomic mass is 32.2. The Balaban J connectivity index is 1.83. The molecule has 0 radical (unpaired) electrons. The predicted molar refractivity (Wildman–Crippen MR) is 139 cm³/mol. The Hall–Kier alpha value is -2.16. The average molecular weight is 521 g/mol. The van der Waals surface area contributed by atoms with Crippen molar-refractivity contribution < 1.29 is 13.2 Å². The Kier molecular flexibility index (Phi) is 7.22. The molecule has 0 saturated carbocycles. The molecule has 34 heavy (non-hydrogen) atoms. The van der Waals surface area contributed by atoms with Gasteiger partial charge in [0.05, 0.1) is 22.5 Å². The van der Waals surface area contributed by atoms with Crippen molar-refractivity contribution in [2.75, 3.05) is 29.5 Å². The minimum Gasteiger partial charge on any atom is -0.357 e. The van der Waals surface area contributed by atoms with E-state index in [1.54, 1.807) is 17.6 Å². The Morgan fingerprint density at radius 3 is 2.56 bits per heavy atom. The number of pyridine rings is 1. The zero-order valence-corrected chi connectivity index (χ0v) is 21.8. The van der Waals surface area contributed by atoms with Crippen molar-refractivity contribution in [1.29, 1.82) is 5.26 Å². The van der Waals surface area contributed by atoms with Crippen molar-refractivity contribution in [3.05, 3.63) is 31.9 Å². The van der Waals surface area contributed by atoms with E-state index in [1.165, 1.54) is 4.90 Å². The molecule has 1 amide bonds. The summed E-state index contributed by atoms with van der Waals surface area (Å²) in [6.45, 7) is 5.91. The lowest BCUT2D eigenvalue weighted by molar-refractivity contribution is -0.123. The highest BCUT2D eigenvalue weighted by molar-refractivity contribution is 8.26. The summed E-state index contributed by atoms with van der Waals surface area (Å²) in [6.07, 6.45) is 5.85. The second-order valence-corrected chi connectivity index (χ2v) is 12.9. The smallest absolute Gasteiger partial charge is 0.270 e. The van der Waals surface area contributed by atoms with Gasteiger partial charge in [-0.15, -0.1) is 0 Å². The summed E-state index contributed by atoms with van der Waals surface area (Å²) in [5.74, 6) is 0.417. The summed E-state index contributed by atoms with van der Waals surface area (Å²) >= 11 is 6.61. The molecule has 0 spiro atoms. The number of amides is 1. The highest BCUT2D eigenvalue weighted by Crippen LogP contribution is 2.38. The van der Waals surface area contributed by atoms with E-state index in [2.05, 4.69) is 17.9 Å². The molecule has 182 valence electrons. The fourth-order valence-corrected chi connectivity index (χ4v) is 7.92. The molecule has 0 aliphatic carbocycles. The number of hydrogen-bond donors (Lipinski definition) is 0. The fourth-order valence-electron chi connectivity index (χ4n) is 4.84. The number of aromatic nitrogens is 1. The Morgan fingerprint density at radius 1 is 1.26 bits per heavy atom. The van der Waals surface area contributed by atoms with Gasteiger partial charge in [0, 0.05) is 25.2 Å². The van der Waals surface area contributed by atoms with Crippen LogP contribution >= 0.6 is 24.0 Å². The molecule has 4 heterocycles. The average Bonchev–Trinajstić information content (AvgIpc) is 3.49. The van der Waals surface area contributed by atoms with Crippen molar-refractivity contribution in [3.63, 3.8) is 0 Å². The summed E-state index contributed by atoms with van der Waals surface area (Å²) in [7, 11) is -3.17. The van der Waals surface area contributed by atoms with Crippen LogP contribution in [0.3, 0.4) is 0 Å². The number of thiocarbonyl (C=S) groups is 1. The Morgan fingerprint density at radius 2 is 1.97 bits per heavy atom. The molecule has 3 aliphatic heterocycles. The van der Waals surface area contributed by atoms with Crippen LogP contribution in [-0.2, 0) is 21.2 Å². The van der Waals surface area contributed by atoms with Gasteiger partial charge in [0.1, 0.15) is 21.8 Å². The molecule has 3 aliphatic rings. The zero-order chi connectivity index (χ0) is 24.6. The molecule has 8 nitrogen and oxygen atoms in total. The van der Waals surface area contributed by atoms with Crippen LogP contribution in [0.25, 0.3) is 6.08 Å². The molecule has 11 heteroatoms. The lowest BCUT2D eigenvalue weighted by Gasteiger charge is -2.27. The molecule has 3 saturated heterocycles. The molecule has 1 unspecified atom stereocenters. The first-order valence-corrected chi connectivity index (χ1v) is 14.6. The van der Waals surface area contributed by atoms with Gasteiger partial charge in [-0.2, -0.15) is 5.26 Å². The lowest BCUT2D eigenvalue weighted by atomic mass is 10.0. The molecular weight excluding hydrogens is 492 g/mol. The first-order valence-electron chi connectivity index (χ1n) is 11.6. The monoisotopic (exact) mass is 520 g/mol. The first kappa shape index (κ1) is 24.9. The van der Waals surface area contributed by atoms with E-state index in [-0.39, 0.29) is 28.5 Å². The van der Waals surface area contributed by atoms with Crippen LogP contribution in [0.4, 0.5) is 5.82 Å². The third-order valence-corrected chi connectivity index (χ3v) is 9.74. The van der Waals surface area contributed by atoms with Crippen LogP contribution < -0.4 is 10.5 Å². The minimum atomic E-state index is -3.17. The number of carbonyl (C=O) groups is 1. The number of sulfone groups is 1. The third-order valence-electron chi connectivity index (χ3n) is 6.66. The normalized spacial score (nSPS) is 23.3. The van der Waals surface area contributed by atoms with Gasteiger partial charge in [0.15, 0.2) is 9.84 Å². The molecule has 0 N–H and O–H groups in total. The number of nitriles is 1. The SMILES string of the molecule is CCCCn1c(N2CCCC2)c(C=C2SC(=S)N(C3CCS(=O)(=O)C3)C2=O)c(C)c(C#N)c1=O. The standard InChI is InChI=1S/C23H28N4O4S3/c1-3-4-10-26-20(25-8-5-6-9-25)17(15(2)18(13-24)21(26)28)12-19-22(29)27(23(32)33-19)16-7-11-34(30,31)14-16/h12,16H,3-11,14H2,1-2H3. The van der Waals surface area contributed by atoms with Crippen molar-refractivity contribution in [2.45, 2.75) is 58.5 Å². The number of rotatable bonds is 6. The van der Waals surface area contributed by atoms with Gasteiger partial charge in [-0.3, -0.25) is 19.1 Å². The molecule has 1 aromatic rings. The largest absolute Gasteiger partial charge is 0.357 e.